The molecule has 0 heterocycles. The first-order valence-electron chi connectivity index (χ1n) is 3.42. The summed E-state index contributed by atoms with van der Waals surface area (Å²) in [5, 5.41) is 0. The van der Waals surface area contributed by atoms with E-state index in [1.165, 1.54) is 0 Å². The highest BCUT2D eigenvalue weighted by atomic mass is 79.9. The molecule has 1 aromatic carbocycles. The zero-order valence-corrected chi connectivity index (χ0v) is 7.36. The van der Waals surface area contributed by atoms with Crippen LogP contribution in [0.15, 0.2) is 22.7 Å². The van der Waals surface area contributed by atoms with Gasteiger partial charge in [-0.05, 0) is 34.0 Å². The van der Waals surface area contributed by atoms with Crippen LogP contribution < -0.4 is 0 Å². The third-order valence-electron chi connectivity index (χ3n) is 1.85. The summed E-state index contributed by atoms with van der Waals surface area (Å²) in [4.78, 5) is 0. The predicted octanol–water partition coefficient (Wildman–Crippen LogP) is 3.16. The van der Waals surface area contributed by atoms with Crippen LogP contribution in [-0.2, 0) is 6.42 Å². The van der Waals surface area contributed by atoms with E-state index in [9.17, 15) is 4.39 Å². The average Bonchev–Trinajstić information content (AvgIpc) is 2.45. The number of allylic oxidation sites excluding steroid dienone is 1. The Morgan fingerprint density at radius 2 is 2.18 bits per heavy atom. The molecule has 1 aliphatic carbocycles. The van der Waals surface area contributed by atoms with Crippen LogP contribution in [0.2, 0.25) is 0 Å². The van der Waals surface area contributed by atoms with Crippen molar-refractivity contribution in [1.29, 1.82) is 0 Å². The molecule has 0 saturated carbocycles. The summed E-state index contributed by atoms with van der Waals surface area (Å²) in [5.74, 6) is -0.142. The van der Waals surface area contributed by atoms with Gasteiger partial charge in [0.1, 0.15) is 5.82 Å². The highest BCUT2D eigenvalue weighted by molar-refractivity contribution is 9.10. The molecule has 0 unspecified atom stereocenters. The Kier molecular flexibility index (Phi) is 1.57. The molecule has 56 valence electrons. The summed E-state index contributed by atoms with van der Waals surface area (Å²) in [7, 11) is 0. The Morgan fingerprint density at radius 1 is 1.36 bits per heavy atom. The number of rotatable bonds is 0. The lowest BCUT2D eigenvalue weighted by molar-refractivity contribution is 0.617. The van der Waals surface area contributed by atoms with E-state index >= 15 is 0 Å². The summed E-state index contributed by atoms with van der Waals surface area (Å²) in [5.41, 5.74) is 1.81. The van der Waals surface area contributed by atoms with Crippen LogP contribution in [-0.4, -0.2) is 0 Å². The molecule has 1 aliphatic rings. The first-order chi connectivity index (χ1) is 5.29. The standard InChI is InChI=1S/C9H6BrF/c10-8-5-4-6-2-1-3-7(6)9(8)11/h1,3-5H,2H2. The summed E-state index contributed by atoms with van der Waals surface area (Å²) < 4.78 is 13.7. The fraction of sp³-hybridized carbons (Fsp3) is 0.111. The molecule has 0 aromatic heterocycles. The molecular weight excluding hydrogens is 207 g/mol. The molecule has 1 aromatic rings. The lowest BCUT2D eigenvalue weighted by Crippen LogP contribution is -1.87. The third kappa shape index (κ3) is 1.02. The van der Waals surface area contributed by atoms with E-state index in [1.54, 1.807) is 6.07 Å². The van der Waals surface area contributed by atoms with Crippen LogP contribution >= 0.6 is 15.9 Å². The van der Waals surface area contributed by atoms with Crippen molar-refractivity contribution in [2.75, 3.05) is 0 Å². The van der Waals surface area contributed by atoms with Crippen molar-refractivity contribution in [3.05, 3.63) is 39.6 Å². The van der Waals surface area contributed by atoms with E-state index in [0.717, 1.165) is 17.5 Å². The SMILES string of the molecule is Fc1c(Br)ccc2c1C=CC2. The maximum Gasteiger partial charge on any atom is 0.144 e. The molecule has 0 fully saturated rings. The largest absolute Gasteiger partial charge is 0.205 e. The fourth-order valence-corrected chi connectivity index (χ4v) is 1.61. The summed E-state index contributed by atoms with van der Waals surface area (Å²) >= 11 is 3.14. The second-order valence-electron chi connectivity index (χ2n) is 2.54. The zero-order chi connectivity index (χ0) is 7.84. The molecule has 0 aliphatic heterocycles. The quantitative estimate of drug-likeness (QED) is 0.620. The fourth-order valence-electron chi connectivity index (χ4n) is 1.27. The van der Waals surface area contributed by atoms with Gasteiger partial charge in [-0.2, -0.15) is 0 Å². The van der Waals surface area contributed by atoms with E-state index in [2.05, 4.69) is 15.9 Å². The Bertz CT molecular complexity index is 329. The van der Waals surface area contributed by atoms with Gasteiger partial charge in [0.05, 0.1) is 4.47 Å². The van der Waals surface area contributed by atoms with E-state index in [4.69, 9.17) is 0 Å². The van der Waals surface area contributed by atoms with Crippen LogP contribution in [0.4, 0.5) is 4.39 Å². The van der Waals surface area contributed by atoms with Gasteiger partial charge in [0, 0.05) is 5.56 Å². The Hall–Kier alpha value is -0.630. The first kappa shape index (κ1) is 7.04. The van der Waals surface area contributed by atoms with Crippen molar-refractivity contribution >= 4 is 22.0 Å². The molecule has 0 bridgehead atoms. The van der Waals surface area contributed by atoms with Gasteiger partial charge in [0.15, 0.2) is 0 Å². The Balaban J connectivity index is 2.70. The van der Waals surface area contributed by atoms with Crippen molar-refractivity contribution in [2.45, 2.75) is 6.42 Å². The number of halogens is 2. The minimum absolute atomic E-state index is 0.142. The maximum absolute atomic E-state index is 13.2. The molecule has 0 radical (unpaired) electrons. The van der Waals surface area contributed by atoms with E-state index in [-0.39, 0.29) is 5.82 Å². The molecule has 2 rings (SSSR count). The highest BCUT2D eigenvalue weighted by Crippen LogP contribution is 2.27. The lowest BCUT2D eigenvalue weighted by atomic mass is 10.1. The molecule has 11 heavy (non-hydrogen) atoms. The van der Waals surface area contributed by atoms with Gasteiger partial charge in [0.2, 0.25) is 0 Å². The third-order valence-corrected chi connectivity index (χ3v) is 2.46. The molecule has 0 spiro atoms. The first-order valence-corrected chi connectivity index (χ1v) is 4.22. The van der Waals surface area contributed by atoms with E-state index in [1.807, 2.05) is 18.2 Å². The molecular formula is C9H6BrF. The van der Waals surface area contributed by atoms with Gasteiger partial charge >= 0.3 is 0 Å². The lowest BCUT2D eigenvalue weighted by Gasteiger charge is -2.00. The zero-order valence-electron chi connectivity index (χ0n) is 5.77. The van der Waals surface area contributed by atoms with Crippen molar-refractivity contribution in [3.63, 3.8) is 0 Å². The maximum atomic E-state index is 13.2. The topological polar surface area (TPSA) is 0 Å². The van der Waals surface area contributed by atoms with E-state index < -0.39 is 0 Å². The number of hydrogen-bond acceptors (Lipinski definition) is 0. The Morgan fingerprint density at radius 3 is 3.00 bits per heavy atom. The van der Waals surface area contributed by atoms with Crippen LogP contribution in [0.5, 0.6) is 0 Å². The summed E-state index contributed by atoms with van der Waals surface area (Å²) in [6, 6.07) is 3.70. The average molecular weight is 213 g/mol. The molecule has 0 saturated heterocycles. The molecule has 0 nitrogen and oxygen atoms in total. The number of hydrogen-bond donors (Lipinski definition) is 0. The highest BCUT2D eigenvalue weighted by Gasteiger charge is 2.11. The van der Waals surface area contributed by atoms with Crippen LogP contribution in [0.3, 0.4) is 0 Å². The van der Waals surface area contributed by atoms with Gasteiger partial charge in [0.25, 0.3) is 0 Å². The summed E-state index contributed by atoms with van der Waals surface area (Å²) in [6.45, 7) is 0. The van der Waals surface area contributed by atoms with Crippen molar-refractivity contribution in [2.24, 2.45) is 0 Å². The smallest absolute Gasteiger partial charge is 0.144 e. The van der Waals surface area contributed by atoms with Gasteiger partial charge < -0.3 is 0 Å². The van der Waals surface area contributed by atoms with Crippen LogP contribution in [0.1, 0.15) is 11.1 Å². The monoisotopic (exact) mass is 212 g/mol. The van der Waals surface area contributed by atoms with E-state index in [0.29, 0.717) is 4.47 Å². The van der Waals surface area contributed by atoms with Gasteiger partial charge in [-0.25, -0.2) is 4.39 Å². The molecule has 0 atom stereocenters. The predicted molar refractivity (Wildman–Crippen MR) is 46.8 cm³/mol. The minimum Gasteiger partial charge on any atom is -0.205 e. The van der Waals surface area contributed by atoms with Crippen LogP contribution in [0, 0.1) is 5.82 Å². The molecule has 0 amide bonds. The molecule has 2 heteroatoms. The number of fused-ring (bicyclic) bond motifs is 1. The minimum atomic E-state index is -0.142. The normalized spacial score (nSPS) is 13.6. The van der Waals surface area contributed by atoms with Gasteiger partial charge in [-0.1, -0.05) is 18.2 Å². The van der Waals surface area contributed by atoms with Crippen LogP contribution in [0.25, 0.3) is 6.08 Å². The van der Waals surface area contributed by atoms with Crippen molar-refractivity contribution in [1.82, 2.24) is 0 Å². The number of benzene rings is 1. The molecule has 0 N–H and O–H groups in total. The van der Waals surface area contributed by atoms with Gasteiger partial charge in [-0.15, -0.1) is 0 Å². The Labute approximate surface area is 72.9 Å². The van der Waals surface area contributed by atoms with Crippen molar-refractivity contribution in [3.8, 4) is 0 Å². The second kappa shape index (κ2) is 2.45. The van der Waals surface area contributed by atoms with Crippen molar-refractivity contribution < 1.29 is 4.39 Å². The van der Waals surface area contributed by atoms with Gasteiger partial charge in [-0.3, -0.25) is 0 Å². The second-order valence-corrected chi connectivity index (χ2v) is 3.39. The summed E-state index contributed by atoms with van der Waals surface area (Å²) in [6.07, 6.45) is 4.66.